The monoisotopic (exact) mass is 293 g/mol. The Labute approximate surface area is 125 Å². The molecule has 0 amide bonds. The Bertz CT molecular complexity index is 462. The molecule has 116 valence electrons. The van der Waals surface area contributed by atoms with Gasteiger partial charge < -0.3 is 24.3 Å². The number of fused-ring (bicyclic) bond motifs is 1. The van der Waals surface area contributed by atoms with E-state index in [1.165, 1.54) is 0 Å². The molecule has 21 heavy (non-hydrogen) atoms. The van der Waals surface area contributed by atoms with Crippen LogP contribution >= 0.6 is 0 Å². The summed E-state index contributed by atoms with van der Waals surface area (Å²) in [6, 6.07) is 3.88. The second-order valence-electron chi connectivity index (χ2n) is 4.76. The second-order valence-corrected chi connectivity index (χ2v) is 4.76. The van der Waals surface area contributed by atoms with Crippen molar-refractivity contribution in [1.82, 2.24) is 5.32 Å². The van der Waals surface area contributed by atoms with Gasteiger partial charge >= 0.3 is 0 Å². The molecule has 0 aliphatic carbocycles. The minimum atomic E-state index is 0.270. The maximum Gasteiger partial charge on any atom is 0.231 e. The van der Waals surface area contributed by atoms with Crippen LogP contribution in [0.5, 0.6) is 17.2 Å². The molecule has 1 heterocycles. The fourth-order valence-electron chi connectivity index (χ4n) is 2.05. The molecular weight excluding hydrogens is 270 g/mol. The highest BCUT2D eigenvalue weighted by atomic mass is 16.7. The molecule has 0 spiro atoms. The molecule has 1 N–H and O–H groups in total. The number of benzene rings is 1. The van der Waals surface area contributed by atoms with Crippen LogP contribution in [0, 0.1) is 0 Å². The molecule has 0 unspecified atom stereocenters. The van der Waals surface area contributed by atoms with E-state index in [1.54, 1.807) is 7.11 Å². The van der Waals surface area contributed by atoms with E-state index in [2.05, 4.69) is 11.9 Å². The van der Waals surface area contributed by atoms with Crippen LogP contribution in [0.1, 0.15) is 18.4 Å². The van der Waals surface area contributed by atoms with Crippen molar-refractivity contribution in [3.8, 4) is 17.2 Å². The summed E-state index contributed by atoms with van der Waals surface area (Å²) < 4.78 is 21.7. The largest absolute Gasteiger partial charge is 0.493 e. The van der Waals surface area contributed by atoms with Crippen molar-refractivity contribution >= 4 is 0 Å². The first-order valence-corrected chi connectivity index (χ1v) is 7.21. The Morgan fingerprint density at radius 2 is 2.10 bits per heavy atom. The van der Waals surface area contributed by atoms with E-state index in [-0.39, 0.29) is 6.79 Å². The van der Waals surface area contributed by atoms with Crippen molar-refractivity contribution in [3.05, 3.63) is 30.4 Å². The van der Waals surface area contributed by atoms with Crippen LogP contribution in [0.2, 0.25) is 0 Å². The Morgan fingerprint density at radius 3 is 2.86 bits per heavy atom. The van der Waals surface area contributed by atoms with E-state index in [0.29, 0.717) is 19.8 Å². The highest BCUT2D eigenvalue weighted by Gasteiger charge is 2.17. The number of unbranched alkanes of at least 4 members (excludes halogenated alkanes) is 1. The molecule has 5 nitrogen and oxygen atoms in total. The molecule has 0 aromatic heterocycles. The van der Waals surface area contributed by atoms with E-state index in [0.717, 1.165) is 42.2 Å². The lowest BCUT2D eigenvalue weighted by atomic mass is 10.1. The van der Waals surface area contributed by atoms with Gasteiger partial charge in [0, 0.05) is 31.8 Å². The highest BCUT2D eigenvalue weighted by Crippen LogP contribution is 2.38. The van der Waals surface area contributed by atoms with Crippen molar-refractivity contribution in [2.24, 2.45) is 0 Å². The molecule has 1 aromatic carbocycles. The Balaban J connectivity index is 1.99. The van der Waals surface area contributed by atoms with Crippen molar-refractivity contribution in [1.29, 1.82) is 0 Å². The predicted molar refractivity (Wildman–Crippen MR) is 81.1 cm³/mol. The minimum absolute atomic E-state index is 0.270. The van der Waals surface area contributed by atoms with Crippen LogP contribution in [0.25, 0.3) is 0 Å². The van der Waals surface area contributed by atoms with Crippen LogP contribution in [0.15, 0.2) is 24.8 Å². The number of allylic oxidation sites excluding steroid dienone is 1. The van der Waals surface area contributed by atoms with E-state index in [9.17, 15) is 0 Å². The summed E-state index contributed by atoms with van der Waals surface area (Å²) in [5.74, 6) is 2.36. The SMILES string of the molecule is C=CCCCOc1cc2c(cc1CNCCOC)OCO2. The summed E-state index contributed by atoms with van der Waals surface area (Å²) >= 11 is 0. The van der Waals surface area contributed by atoms with Crippen LogP contribution in [0.3, 0.4) is 0 Å². The number of hydrogen-bond acceptors (Lipinski definition) is 5. The van der Waals surface area contributed by atoms with Gasteiger partial charge in [-0.2, -0.15) is 0 Å². The predicted octanol–water partition coefficient (Wildman–Crippen LogP) is 2.50. The van der Waals surface area contributed by atoms with E-state index in [1.807, 2.05) is 18.2 Å². The number of methoxy groups -OCH3 is 1. The molecule has 5 heteroatoms. The molecule has 0 atom stereocenters. The Hall–Kier alpha value is -1.72. The highest BCUT2D eigenvalue weighted by molar-refractivity contribution is 5.51. The van der Waals surface area contributed by atoms with Crippen molar-refractivity contribution in [2.75, 3.05) is 33.7 Å². The second kappa shape index (κ2) is 8.54. The van der Waals surface area contributed by atoms with E-state index >= 15 is 0 Å². The topological polar surface area (TPSA) is 49.0 Å². The van der Waals surface area contributed by atoms with Gasteiger partial charge in [-0.15, -0.1) is 6.58 Å². The maximum atomic E-state index is 5.87. The van der Waals surface area contributed by atoms with Gasteiger partial charge in [-0.05, 0) is 18.9 Å². The Kier molecular flexibility index (Phi) is 6.37. The van der Waals surface area contributed by atoms with Gasteiger partial charge in [0.25, 0.3) is 0 Å². The third kappa shape index (κ3) is 4.65. The zero-order chi connectivity index (χ0) is 14.9. The average molecular weight is 293 g/mol. The van der Waals surface area contributed by atoms with Gasteiger partial charge in [0.2, 0.25) is 6.79 Å². The molecule has 0 bridgehead atoms. The molecule has 1 aromatic rings. The minimum Gasteiger partial charge on any atom is -0.493 e. The zero-order valence-electron chi connectivity index (χ0n) is 12.5. The normalized spacial score (nSPS) is 12.4. The van der Waals surface area contributed by atoms with Gasteiger partial charge in [0.05, 0.1) is 13.2 Å². The summed E-state index contributed by atoms with van der Waals surface area (Å²) in [7, 11) is 1.69. The standard InChI is InChI=1S/C16H23NO4/c1-3-4-5-7-19-14-10-16-15(20-12-21-16)9-13(14)11-17-6-8-18-2/h3,9-10,17H,1,4-8,11-12H2,2H3. The number of rotatable bonds is 10. The molecule has 1 aliphatic rings. The number of nitrogens with one attached hydrogen (secondary N) is 1. The smallest absolute Gasteiger partial charge is 0.231 e. The fourth-order valence-corrected chi connectivity index (χ4v) is 2.05. The quantitative estimate of drug-likeness (QED) is 0.530. The first-order valence-electron chi connectivity index (χ1n) is 7.21. The van der Waals surface area contributed by atoms with E-state index < -0.39 is 0 Å². The molecule has 1 aliphatic heterocycles. The van der Waals surface area contributed by atoms with Crippen LogP contribution in [0.4, 0.5) is 0 Å². The number of hydrogen-bond donors (Lipinski definition) is 1. The van der Waals surface area contributed by atoms with Gasteiger partial charge in [-0.1, -0.05) is 6.08 Å². The van der Waals surface area contributed by atoms with Crippen LogP contribution in [-0.4, -0.2) is 33.7 Å². The lowest BCUT2D eigenvalue weighted by molar-refractivity contribution is 0.173. The molecule has 0 radical (unpaired) electrons. The molecule has 0 saturated heterocycles. The summed E-state index contributed by atoms with van der Waals surface area (Å²) in [5, 5.41) is 3.32. The lowest BCUT2D eigenvalue weighted by Crippen LogP contribution is -2.19. The molecule has 0 saturated carbocycles. The lowest BCUT2D eigenvalue weighted by Gasteiger charge is -2.13. The summed E-state index contributed by atoms with van der Waals surface area (Å²) in [6.07, 6.45) is 3.80. The third-order valence-corrected chi connectivity index (χ3v) is 3.16. The molecular formula is C16H23NO4. The van der Waals surface area contributed by atoms with Crippen LogP contribution in [-0.2, 0) is 11.3 Å². The summed E-state index contributed by atoms with van der Waals surface area (Å²) in [5.41, 5.74) is 1.06. The number of ether oxygens (including phenoxy) is 4. The summed E-state index contributed by atoms with van der Waals surface area (Å²) in [4.78, 5) is 0. The first-order chi connectivity index (χ1) is 10.3. The summed E-state index contributed by atoms with van der Waals surface area (Å²) in [6.45, 7) is 6.83. The van der Waals surface area contributed by atoms with Gasteiger partial charge in [0.15, 0.2) is 11.5 Å². The average Bonchev–Trinajstić information content (AvgIpc) is 2.95. The fraction of sp³-hybridized carbons (Fsp3) is 0.500. The maximum absolute atomic E-state index is 5.87. The van der Waals surface area contributed by atoms with E-state index in [4.69, 9.17) is 18.9 Å². The molecule has 0 fully saturated rings. The van der Waals surface area contributed by atoms with Crippen molar-refractivity contribution in [3.63, 3.8) is 0 Å². The van der Waals surface area contributed by atoms with Gasteiger partial charge in [0.1, 0.15) is 5.75 Å². The molecule has 2 rings (SSSR count). The zero-order valence-corrected chi connectivity index (χ0v) is 12.5. The van der Waals surface area contributed by atoms with Gasteiger partial charge in [-0.3, -0.25) is 0 Å². The van der Waals surface area contributed by atoms with Crippen LogP contribution < -0.4 is 19.5 Å². The van der Waals surface area contributed by atoms with Crippen molar-refractivity contribution in [2.45, 2.75) is 19.4 Å². The Morgan fingerprint density at radius 1 is 1.29 bits per heavy atom. The van der Waals surface area contributed by atoms with Gasteiger partial charge in [-0.25, -0.2) is 0 Å². The first kappa shape index (κ1) is 15.7. The van der Waals surface area contributed by atoms with Crippen molar-refractivity contribution < 1.29 is 18.9 Å². The third-order valence-electron chi connectivity index (χ3n) is 3.16.